The van der Waals surface area contributed by atoms with Crippen molar-refractivity contribution in [2.45, 2.75) is 32.2 Å². The minimum atomic E-state index is 0.114. The Morgan fingerprint density at radius 2 is 2.10 bits per heavy atom. The van der Waals surface area contributed by atoms with Crippen LogP contribution in [0.4, 0.5) is 5.69 Å². The average Bonchev–Trinajstić information content (AvgIpc) is 2.95. The van der Waals surface area contributed by atoms with Crippen molar-refractivity contribution < 1.29 is 4.79 Å². The van der Waals surface area contributed by atoms with Crippen molar-refractivity contribution in [1.82, 2.24) is 4.90 Å². The molecule has 2 rings (SSSR count). The van der Waals surface area contributed by atoms with Crippen molar-refractivity contribution in [2.75, 3.05) is 31.6 Å². The van der Waals surface area contributed by atoms with Crippen molar-refractivity contribution in [1.29, 1.82) is 0 Å². The van der Waals surface area contributed by atoms with Crippen molar-refractivity contribution in [3.63, 3.8) is 0 Å². The zero-order valence-corrected chi connectivity index (χ0v) is 12.5. The highest BCUT2D eigenvalue weighted by atomic mass is 16.2. The van der Waals surface area contributed by atoms with Gasteiger partial charge in [0.25, 0.3) is 5.91 Å². The molecule has 110 valence electrons. The fourth-order valence-corrected chi connectivity index (χ4v) is 2.84. The van der Waals surface area contributed by atoms with Gasteiger partial charge in [-0.05, 0) is 43.5 Å². The molecule has 2 N–H and O–H groups in total. The maximum atomic E-state index is 12.5. The molecule has 0 aliphatic carbocycles. The second-order valence-corrected chi connectivity index (χ2v) is 5.50. The van der Waals surface area contributed by atoms with Gasteiger partial charge in [-0.1, -0.05) is 6.92 Å². The van der Waals surface area contributed by atoms with Crippen LogP contribution >= 0.6 is 0 Å². The van der Waals surface area contributed by atoms with E-state index >= 15 is 0 Å². The van der Waals surface area contributed by atoms with Crippen LogP contribution in [0.15, 0.2) is 24.3 Å². The second kappa shape index (κ2) is 6.75. The molecule has 1 unspecified atom stereocenters. The highest BCUT2D eigenvalue weighted by Gasteiger charge is 2.28. The lowest BCUT2D eigenvalue weighted by atomic mass is 10.1. The molecule has 4 heteroatoms. The summed E-state index contributed by atoms with van der Waals surface area (Å²) < 4.78 is 0. The van der Waals surface area contributed by atoms with E-state index in [1.165, 1.54) is 0 Å². The largest absolute Gasteiger partial charge is 0.375 e. The highest BCUT2D eigenvalue weighted by Crippen LogP contribution is 2.21. The topological polar surface area (TPSA) is 49.6 Å². The fourth-order valence-electron chi connectivity index (χ4n) is 2.84. The summed E-state index contributed by atoms with van der Waals surface area (Å²) in [6.07, 6.45) is 3.20. The summed E-state index contributed by atoms with van der Waals surface area (Å²) in [7, 11) is 2.07. The Labute approximate surface area is 121 Å². The maximum absolute atomic E-state index is 12.5. The van der Waals surface area contributed by atoms with Gasteiger partial charge in [0, 0.05) is 44.0 Å². The monoisotopic (exact) mass is 275 g/mol. The fraction of sp³-hybridized carbons (Fsp3) is 0.562. The van der Waals surface area contributed by atoms with Gasteiger partial charge in [-0.3, -0.25) is 4.79 Å². The van der Waals surface area contributed by atoms with Crippen molar-refractivity contribution in [3.05, 3.63) is 29.8 Å². The highest BCUT2D eigenvalue weighted by molar-refractivity contribution is 5.95. The molecular formula is C16H25N3O. The van der Waals surface area contributed by atoms with E-state index in [9.17, 15) is 4.79 Å². The first-order valence-electron chi connectivity index (χ1n) is 7.49. The molecule has 0 radical (unpaired) electrons. The van der Waals surface area contributed by atoms with E-state index in [0.717, 1.165) is 43.6 Å². The summed E-state index contributed by atoms with van der Waals surface area (Å²) in [5, 5.41) is 0. The van der Waals surface area contributed by atoms with Crippen molar-refractivity contribution in [3.8, 4) is 0 Å². The Morgan fingerprint density at radius 3 is 2.70 bits per heavy atom. The Morgan fingerprint density at radius 1 is 1.40 bits per heavy atom. The van der Waals surface area contributed by atoms with Crippen molar-refractivity contribution in [2.24, 2.45) is 5.73 Å². The van der Waals surface area contributed by atoms with E-state index in [1.807, 2.05) is 29.2 Å². The summed E-state index contributed by atoms with van der Waals surface area (Å²) in [5.41, 5.74) is 7.65. The molecular weight excluding hydrogens is 250 g/mol. The number of amides is 1. The van der Waals surface area contributed by atoms with Crippen molar-refractivity contribution >= 4 is 11.6 Å². The Bertz CT molecular complexity index is 444. The predicted molar refractivity (Wildman–Crippen MR) is 83.1 cm³/mol. The van der Waals surface area contributed by atoms with Crippen LogP contribution in [0.3, 0.4) is 0 Å². The number of likely N-dealkylation sites (tertiary alicyclic amines) is 1. The number of hydrogen-bond acceptors (Lipinski definition) is 3. The third kappa shape index (κ3) is 3.12. The Kier molecular flexibility index (Phi) is 5.01. The lowest BCUT2D eigenvalue weighted by molar-refractivity contribution is 0.0741. The van der Waals surface area contributed by atoms with Crippen LogP contribution < -0.4 is 10.6 Å². The summed E-state index contributed by atoms with van der Waals surface area (Å²) in [4.78, 5) is 16.6. The van der Waals surface area contributed by atoms with Gasteiger partial charge in [0.1, 0.15) is 0 Å². The van der Waals surface area contributed by atoms with E-state index in [1.54, 1.807) is 0 Å². The molecule has 1 amide bonds. The van der Waals surface area contributed by atoms with Crippen LogP contribution in [-0.4, -0.2) is 43.5 Å². The number of carbonyl (C=O) groups is 1. The zero-order chi connectivity index (χ0) is 14.5. The van der Waals surface area contributed by atoms with Crippen LogP contribution in [-0.2, 0) is 0 Å². The summed E-state index contributed by atoms with van der Waals surface area (Å²) >= 11 is 0. The normalized spacial score (nSPS) is 18.4. The quantitative estimate of drug-likeness (QED) is 0.895. The Hall–Kier alpha value is -1.55. The molecule has 1 atom stereocenters. The summed E-state index contributed by atoms with van der Waals surface area (Å²) in [6.45, 7) is 4.57. The number of nitrogens with two attached hydrogens (primary N) is 1. The van der Waals surface area contributed by atoms with Crippen LogP contribution in [0.1, 0.15) is 36.5 Å². The lowest BCUT2D eigenvalue weighted by Gasteiger charge is -2.24. The van der Waals surface area contributed by atoms with Crippen LogP contribution in [0.25, 0.3) is 0 Å². The first kappa shape index (κ1) is 14.9. The SMILES string of the molecule is CCCN(C)c1ccc(C(=O)N2CCCC2CN)cc1. The van der Waals surface area contributed by atoms with Crippen LogP contribution in [0.5, 0.6) is 0 Å². The first-order valence-corrected chi connectivity index (χ1v) is 7.49. The number of carbonyl (C=O) groups excluding carboxylic acids is 1. The molecule has 4 nitrogen and oxygen atoms in total. The lowest BCUT2D eigenvalue weighted by Crippen LogP contribution is -2.39. The van der Waals surface area contributed by atoms with E-state index in [-0.39, 0.29) is 11.9 Å². The van der Waals surface area contributed by atoms with Gasteiger partial charge in [-0.2, -0.15) is 0 Å². The van der Waals surface area contributed by atoms with E-state index in [0.29, 0.717) is 6.54 Å². The smallest absolute Gasteiger partial charge is 0.254 e. The molecule has 1 aromatic carbocycles. The van der Waals surface area contributed by atoms with E-state index < -0.39 is 0 Å². The third-order valence-corrected chi connectivity index (χ3v) is 4.02. The molecule has 1 heterocycles. The molecule has 1 aliphatic rings. The molecule has 1 fully saturated rings. The van der Waals surface area contributed by atoms with Gasteiger partial charge in [-0.15, -0.1) is 0 Å². The maximum Gasteiger partial charge on any atom is 0.254 e. The summed E-state index contributed by atoms with van der Waals surface area (Å²) in [6, 6.07) is 8.11. The van der Waals surface area contributed by atoms with Gasteiger partial charge >= 0.3 is 0 Å². The van der Waals surface area contributed by atoms with Gasteiger partial charge in [0.05, 0.1) is 0 Å². The molecule has 20 heavy (non-hydrogen) atoms. The standard InChI is InChI=1S/C16H25N3O/c1-3-10-18(2)14-8-6-13(7-9-14)16(20)19-11-4-5-15(19)12-17/h6-9,15H,3-5,10-12,17H2,1-2H3. The number of rotatable bonds is 5. The number of benzene rings is 1. The number of nitrogens with zero attached hydrogens (tertiary/aromatic N) is 2. The van der Waals surface area contributed by atoms with Crippen LogP contribution in [0.2, 0.25) is 0 Å². The minimum absolute atomic E-state index is 0.114. The molecule has 1 saturated heterocycles. The van der Waals surface area contributed by atoms with E-state index in [2.05, 4.69) is 18.9 Å². The zero-order valence-electron chi connectivity index (χ0n) is 12.5. The second-order valence-electron chi connectivity index (χ2n) is 5.50. The van der Waals surface area contributed by atoms with E-state index in [4.69, 9.17) is 5.73 Å². The molecule has 0 spiro atoms. The predicted octanol–water partition coefficient (Wildman–Crippen LogP) is 2.10. The molecule has 1 aliphatic heterocycles. The van der Waals surface area contributed by atoms with Gasteiger partial charge in [0.2, 0.25) is 0 Å². The number of hydrogen-bond donors (Lipinski definition) is 1. The minimum Gasteiger partial charge on any atom is -0.375 e. The van der Waals surface area contributed by atoms with Gasteiger partial charge < -0.3 is 15.5 Å². The number of anilines is 1. The third-order valence-electron chi connectivity index (χ3n) is 4.02. The van der Waals surface area contributed by atoms with Crippen LogP contribution in [0, 0.1) is 0 Å². The molecule has 0 saturated carbocycles. The molecule has 1 aromatic rings. The van der Waals surface area contributed by atoms with Gasteiger partial charge in [0.15, 0.2) is 0 Å². The molecule has 0 aromatic heterocycles. The summed E-state index contributed by atoms with van der Waals surface area (Å²) in [5.74, 6) is 0.114. The average molecular weight is 275 g/mol. The van der Waals surface area contributed by atoms with Gasteiger partial charge in [-0.25, -0.2) is 0 Å². The molecule has 0 bridgehead atoms. The first-order chi connectivity index (χ1) is 9.67. The Balaban J connectivity index is 2.07.